The number of rotatable bonds is 9. The Labute approximate surface area is 203 Å². The van der Waals surface area contributed by atoms with Crippen molar-refractivity contribution >= 4 is 11.5 Å². The summed E-state index contributed by atoms with van der Waals surface area (Å²) in [6, 6.07) is 13.2. The number of benzene rings is 2. The number of methoxy groups -OCH3 is 1. The molecule has 13 heteroatoms. The second kappa shape index (κ2) is 10.3. The SMILES string of the molecule is COc1cc(OCC#N)c(F)c(C(Nc2ccc(C(=N)N)cc2)c2nn(-c3cccnn3)c(=O)[nH]2)c1. The van der Waals surface area contributed by atoms with Crippen LogP contribution in [0.3, 0.4) is 0 Å². The molecular formula is C23H20FN9O3. The zero-order valence-electron chi connectivity index (χ0n) is 18.9. The van der Waals surface area contributed by atoms with Gasteiger partial charge in [-0.25, -0.2) is 9.18 Å². The van der Waals surface area contributed by atoms with Gasteiger partial charge in [-0.3, -0.25) is 10.4 Å². The summed E-state index contributed by atoms with van der Waals surface area (Å²) in [7, 11) is 1.40. The first-order valence-electron chi connectivity index (χ1n) is 10.5. The number of nitrogen functional groups attached to an aromatic ring is 1. The lowest BCUT2D eigenvalue weighted by Gasteiger charge is -2.21. The fraction of sp³-hybridized carbons (Fsp3) is 0.130. The number of aromatic amines is 1. The summed E-state index contributed by atoms with van der Waals surface area (Å²) >= 11 is 0. The number of nitrogens with zero attached hydrogens (tertiary/aromatic N) is 5. The van der Waals surface area contributed by atoms with Gasteiger partial charge in [0.05, 0.1) is 7.11 Å². The van der Waals surface area contributed by atoms with Crippen molar-refractivity contribution in [1.82, 2.24) is 25.0 Å². The second-order valence-corrected chi connectivity index (χ2v) is 7.35. The van der Waals surface area contributed by atoms with E-state index < -0.39 is 17.5 Å². The number of nitrogens with two attached hydrogens (primary N) is 1. The first kappa shape index (κ1) is 23.9. The van der Waals surface area contributed by atoms with E-state index in [0.717, 1.165) is 4.68 Å². The molecule has 36 heavy (non-hydrogen) atoms. The van der Waals surface area contributed by atoms with Crippen molar-refractivity contribution in [3.8, 4) is 23.4 Å². The number of hydrogen-bond donors (Lipinski definition) is 4. The zero-order chi connectivity index (χ0) is 25.7. The Morgan fingerprint density at radius 1 is 1.33 bits per heavy atom. The van der Waals surface area contributed by atoms with Crippen LogP contribution in [0.15, 0.2) is 59.5 Å². The van der Waals surface area contributed by atoms with Crippen LogP contribution in [-0.2, 0) is 0 Å². The van der Waals surface area contributed by atoms with Gasteiger partial charge in [0, 0.05) is 29.1 Å². The van der Waals surface area contributed by atoms with E-state index in [0.29, 0.717) is 11.3 Å². The third-order valence-electron chi connectivity index (χ3n) is 5.07. The van der Waals surface area contributed by atoms with Gasteiger partial charge < -0.3 is 20.5 Å². The molecule has 4 rings (SSSR count). The third kappa shape index (κ3) is 4.97. The van der Waals surface area contributed by atoms with Crippen LogP contribution in [0.2, 0.25) is 0 Å². The lowest BCUT2D eigenvalue weighted by molar-refractivity contribution is 0.338. The number of nitriles is 1. The molecule has 0 saturated carbocycles. The van der Waals surface area contributed by atoms with Gasteiger partial charge in [0.2, 0.25) is 0 Å². The highest BCUT2D eigenvalue weighted by Gasteiger charge is 2.27. The van der Waals surface area contributed by atoms with E-state index in [4.69, 9.17) is 25.9 Å². The number of amidine groups is 1. The number of H-pyrrole nitrogens is 1. The van der Waals surface area contributed by atoms with Gasteiger partial charge >= 0.3 is 5.69 Å². The van der Waals surface area contributed by atoms with E-state index in [-0.39, 0.29) is 41.1 Å². The summed E-state index contributed by atoms with van der Waals surface area (Å²) in [5.41, 5.74) is 5.95. The molecule has 2 aromatic carbocycles. The van der Waals surface area contributed by atoms with Crippen molar-refractivity contribution in [1.29, 1.82) is 10.7 Å². The Hall–Kier alpha value is -5.25. The van der Waals surface area contributed by atoms with Crippen LogP contribution >= 0.6 is 0 Å². The number of nitrogens with one attached hydrogen (secondary N) is 3. The Kier molecular flexibility index (Phi) is 6.87. The van der Waals surface area contributed by atoms with Gasteiger partial charge in [-0.2, -0.15) is 15.0 Å². The summed E-state index contributed by atoms with van der Waals surface area (Å²) in [6.45, 7) is -0.383. The van der Waals surface area contributed by atoms with E-state index in [9.17, 15) is 4.79 Å². The van der Waals surface area contributed by atoms with Crippen LogP contribution < -0.4 is 26.2 Å². The van der Waals surface area contributed by atoms with Gasteiger partial charge in [0.1, 0.15) is 23.7 Å². The van der Waals surface area contributed by atoms with Crippen molar-refractivity contribution < 1.29 is 13.9 Å². The van der Waals surface area contributed by atoms with Crippen LogP contribution in [0.1, 0.15) is 23.0 Å². The van der Waals surface area contributed by atoms with E-state index >= 15 is 4.39 Å². The normalized spacial score (nSPS) is 11.4. The van der Waals surface area contributed by atoms with Crippen molar-refractivity contribution in [2.75, 3.05) is 19.0 Å². The molecule has 0 amide bonds. The van der Waals surface area contributed by atoms with Crippen LogP contribution in [0.25, 0.3) is 5.82 Å². The third-order valence-corrected chi connectivity index (χ3v) is 5.07. The quantitative estimate of drug-likeness (QED) is 0.202. The van der Waals surface area contributed by atoms with Gasteiger partial charge in [-0.05, 0) is 42.5 Å². The molecule has 0 bridgehead atoms. The second-order valence-electron chi connectivity index (χ2n) is 7.35. The molecule has 1 unspecified atom stereocenters. The maximum absolute atomic E-state index is 15.6. The van der Waals surface area contributed by atoms with E-state index in [1.165, 1.54) is 25.4 Å². The Bertz CT molecular complexity index is 1480. The smallest absolute Gasteiger partial charge is 0.349 e. The van der Waals surface area contributed by atoms with Gasteiger partial charge in [-0.1, -0.05) is 0 Å². The highest BCUT2D eigenvalue weighted by atomic mass is 19.1. The van der Waals surface area contributed by atoms with Crippen molar-refractivity contribution in [3.63, 3.8) is 0 Å². The summed E-state index contributed by atoms with van der Waals surface area (Å²) in [4.78, 5) is 15.3. The zero-order valence-corrected chi connectivity index (χ0v) is 18.9. The largest absolute Gasteiger partial charge is 0.497 e. The molecule has 2 heterocycles. The fourth-order valence-corrected chi connectivity index (χ4v) is 3.37. The maximum atomic E-state index is 15.6. The molecular weight excluding hydrogens is 469 g/mol. The van der Waals surface area contributed by atoms with Crippen molar-refractivity contribution in [3.05, 3.63) is 88.0 Å². The topological polar surface area (TPSA) is 181 Å². The van der Waals surface area contributed by atoms with E-state index in [1.807, 2.05) is 0 Å². The Balaban J connectivity index is 1.84. The first-order valence-corrected chi connectivity index (χ1v) is 10.5. The number of anilines is 1. The monoisotopic (exact) mass is 489 g/mol. The Morgan fingerprint density at radius 3 is 2.75 bits per heavy atom. The summed E-state index contributed by atoms with van der Waals surface area (Å²) < 4.78 is 27.2. The number of hydrogen-bond acceptors (Lipinski definition) is 9. The summed E-state index contributed by atoms with van der Waals surface area (Å²) in [5, 5.41) is 31.5. The predicted octanol–water partition coefficient (Wildman–Crippen LogP) is 1.89. The molecule has 0 aliphatic heterocycles. The molecule has 5 N–H and O–H groups in total. The lowest BCUT2D eigenvalue weighted by Crippen LogP contribution is -2.18. The van der Waals surface area contributed by atoms with Crippen LogP contribution in [-0.4, -0.2) is 44.5 Å². The first-order chi connectivity index (χ1) is 17.4. The minimum atomic E-state index is -1.04. The molecule has 182 valence electrons. The molecule has 0 aliphatic rings. The Morgan fingerprint density at radius 2 is 2.11 bits per heavy atom. The standard InChI is InChI=1S/C23H20FN9O3/c1-35-15-11-16(19(24)17(12-15)36-10-8-25)20(29-14-6-4-13(5-7-14)21(26)27)22-30-23(34)33(32-22)18-3-2-9-28-31-18/h2-7,9,11-12,20,29H,10H2,1H3,(H3,26,27)(H,30,32,34). The van der Waals surface area contributed by atoms with Gasteiger partial charge in [0.25, 0.3) is 0 Å². The van der Waals surface area contributed by atoms with Crippen LogP contribution in [0.4, 0.5) is 10.1 Å². The van der Waals surface area contributed by atoms with Crippen LogP contribution in [0, 0.1) is 22.6 Å². The van der Waals surface area contributed by atoms with Gasteiger partial charge in [-0.15, -0.1) is 10.2 Å². The molecule has 0 radical (unpaired) electrons. The highest BCUT2D eigenvalue weighted by Crippen LogP contribution is 2.34. The minimum absolute atomic E-state index is 0.0259. The molecule has 0 aliphatic carbocycles. The average Bonchev–Trinajstić information content (AvgIpc) is 3.28. The van der Waals surface area contributed by atoms with Gasteiger partial charge in [0.15, 0.2) is 29.8 Å². The van der Waals surface area contributed by atoms with E-state index in [1.54, 1.807) is 42.5 Å². The highest BCUT2D eigenvalue weighted by molar-refractivity contribution is 5.95. The summed E-state index contributed by atoms with van der Waals surface area (Å²) in [6.07, 6.45) is 1.45. The van der Waals surface area contributed by atoms with Crippen molar-refractivity contribution in [2.45, 2.75) is 6.04 Å². The molecule has 12 nitrogen and oxygen atoms in total. The summed E-state index contributed by atoms with van der Waals surface area (Å²) in [5.74, 6) is -0.616. The fourth-order valence-electron chi connectivity index (χ4n) is 3.37. The molecule has 4 aromatic rings. The molecule has 0 fully saturated rings. The number of aromatic nitrogens is 5. The van der Waals surface area contributed by atoms with Crippen LogP contribution in [0.5, 0.6) is 11.5 Å². The number of ether oxygens (including phenoxy) is 2. The molecule has 2 aromatic heterocycles. The predicted molar refractivity (Wildman–Crippen MR) is 127 cm³/mol. The minimum Gasteiger partial charge on any atom is -0.497 e. The van der Waals surface area contributed by atoms with E-state index in [2.05, 4.69) is 25.6 Å². The number of halogens is 1. The molecule has 0 saturated heterocycles. The molecule has 1 atom stereocenters. The molecule has 0 spiro atoms. The average molecular weight is 489 g/mol. The van der Waals surface area contributed by atoms with Crippen molar-refractivity contribution in [2.24, 2.45) is 5.73 Å². The lowest BCUT2D eigenvalue weighted by atomic mass is 10.0. The maximum Gasteiger partial charge on any atom is 0.349 e.